The number of hydrogen-bond donors (Lipinski definition) is 1. The number of aromatic nitrogens is 3. The first-order valence-corrected chi connectivity index (χ1v) is 5.51. The van der Waals surface area contributed by atoms with Crippen molar-refractivity contribution in [2.75, 3.05) is 14.2 Å². The SMILES string of the molecule is COc1cc(OC)cc(-c2nc(CN)n(C)n2)c1. The Balaban J connectivity index is 2.48. The predicted octanol–water partition coefficient (Wildman–Crippen LogP) is 0.958. The minimum Gasteiger partial charge on any atom is -0.497 e. The van der Waals surface area contributed by atoms with Crippen LogP contribution in [0.2, 0.25) is 0 Å². The van der Waals surface area contributed by atoms with E-state index in [4.69, 9.17) is 15.2 Å². The number of nitrogens with two attached hydrogens (primary N) is 1. The molecule has 2 rings (SSSR count). The molecule has 2 aromatic rings. The second-order valence-corrected chi connectivity index (χ2v) is 3.78. The van der Waals surface area contributed by atoms with Crippen molar-refractivity contribution in [2.45, 2.75) is 6.54 Å². The van der Waals surface area contributed by atoms with E-state index in [9.17, 15) is 0 Å². The number of aryl methyl sites for hydroxylation is 1. The lowest BCUT2D eigenvalue weighted by Gasteiger charge is -2.06. The van der Waals surface area contributed by atoms with Crippen LogP contribution in [-0.4, -0.2) is 29.0 Å². The minimum atomic E-state index is 0.352. The topological polar surface area (TPSA) is 75.2 Å². The molecule has 0 amide bonds. The van der Waals surface area contributed by atoms with Crippen LogP contribution < -0.4 is 15.2 Å². The van der Waals surface area contributed by atoms with E-state index in [0.29, 0.717) is 23.9 Å². The Kier molecular flexibility index (Phi) is 3.47. The molecule has 18 heavy (non-hydrogen) atoms. The van der Waals surface area contributed by atoms with Crippen LogP contribution >= 0.6 is 0 Å². The molecular weight excluding hydrogens is 232 g/mol. The molecule has 1 aromatic heterocycles. The van der Waals surface area contributed by atoms with Crippen molar-refractivity contribution >= 4 is 0 Å². The first kappa shape index (κ1) is 12.4. The Morgan fingerprint density at radius 3 is 2.22 bits per heavy atom. The molecule has 0 radical (unpaired) electrons. The van der Waals surface area contributed by atoms with Gasteiger partial charge in [0.2, 0.25) is 0 Å². The Labute approximate surface area is 105 Å². The highest BCUT2D eigenvalue weighted by atomic mass is 16.5. The van der Waals surface area contributed by atoms with Crippen molar-refractivity contribution in [2.24, 2.45) is 12.8 Å². The number of rotatable bonds is 4. The van der Waals surface area contributed by atoms with Gasteiger partial charge in [-0.1, -0.05) is 0 Å². The van der Waals surface area contributed by atoms with Gasteiger partial charge in [-0.3, -0.25) is 4.68 Å². The molecule has 0 fully saturated rings. The molecule has 6 heteroatoms. The summed E-state index contributed by atoms with van der Waals surface area (Å²) in [4.78, 5) is 4.37. The Morgan fingerprint density at radius 1 is 1.17 bits per heavy atom. The van der Waals surface area contributed by atoms with Gasteiger partial charge in [-0.2, -0.15) is 5.10 Å². The maximum Gasteiger partial charge on any atom is 0.181 e. The highest BCUT2D eigenvalue weighted by molar-refractivity contribution is 5.60. The van der Waals surface area contributed by atoms with Crippen LogP contribution in [0.25, 0.3) is 11.4 Å². The molecule has 0 spiro atoms. The number of methoxy groups -OCH3 is 2. The summed E-state index contributed by atoms with van der Waals surface area (Å²) in [6.07, 6.45) is 0. The van der Waals surface area contributed by atoms with E-state index in [1.165, 1.54) is 0 Å². The summed E-state index contributed by atoms with van der Waals surface area (Å²) >= 11 is 0. The molecule has 1 aromatic carbocycles. The molecule has 0 atom stereocenters. The molecule has 0 bridgehead atoms. The van der Waals surface area contributed by atoms with Crippen LogP contribution in [0.4, 0.5) is 0 Å². The summed E-state index contributed by atoms with van der Waals surface area (Å²) in [6, 6.07) is 5.52. The predicted molar refractivity (Wildman–Crippen MR) is 67.4 cm³/mol. The van der Waals surface area contributed by atoms with E-state index in [1.807, 2.05) is 19.2 Å². The van der Waals surface area contributed by atoms with E-state index in [2.05, 4.69) is 10.1 Å². The van der Waals surface area contributed by atoms with E-state index in [-0.39, 0.29) is 0 Å². The van der Waals surface area contributed by atoms with Gasteiger partial charge in [0.15, 0.2) is 5.82 Å². The number of benzene rings is 1. The van der Waals surface area contributed by atoms with Crippen LogP contribution in [0.15, 0.2) is 18.2 Å². The zero-order chi connectivity index (χ0) is 13.1. The standard InChI is InChI=1S/C12H16N4O2/c1-16-11(7-13)14-12(15-16)8-4-9(17-2)6-10(5-8)18-3/h4-6H,7,13H2,1-3H3. The second-order valence-electron chi connectivity index (χ2n) is 3.78. The lowest BCUT2D eigenvalue weighted by atomic mass is 10.2. The molecular formula is C12H16N4O2. The van der Waals surface area contributed by atoms with Gasteiger partial charge in [0.25, 0.3) is 0 Å². The first-order chi connectivity index (χ1) is 8.67. The second kappa shape index (κ2) is 5.05. The number of ether oxygens (including phenoxy) is 2. The molecule has 0 unspecified atom stereocenters. The van der Waals surface area contributed by atoms with Gasteiger partial charge in [-0.05, 0) is 12.1 Å². The Bertz CT molecular complexity index is 529. The summed E-state index contributed by atoms with van der Waals surface area (Å²) in [5.41, 5.74) is 6.42. The van der Waals surface area contributed by atoms with Crippen LogP contribution in [0, 0.1) is 0 Å². The van der Waals surface area contributed by atoms with Gasteiger partial charge < -0.3 is 15.2 Å². The van der Waals surface area contributed by atoms with Gasteiger partial charge >= 0.3 is 0 Å². The fraction of sp³-hybridized carbons (Fsp3) is 0.333. The highest BCUT2D eigenvalue weighted by Crippen LogP contribution is 2.27. The van der Waals surface area contributed by atoms with Crippen molar-refractivity contribution in [1.82, 2.24) is 14.8 Å². The summed E-state index contributed by atoms with van der Waals surface area (Å²) < 4.78 is 12.1. The largest absolute Gasteiger partial charge is 0.497 e. The Hall–Kier alpha value is -2.08. The molecule has 0 aliphatic carbocycles. The first-order valence-electron chi connectivity index (χ1n) is 5.51. The normalized spacial score (nSPS) is 10.4. The van der Waals surface area contributed by atoms with Crippen molar-refractivity contribution in [3.8, 4) is 22.9 Å². The fourth-order valence-electron chi connectivity index (χ4n) is 1.65. The van der Waals surface area contributed by atoms with E-state index < -0.39 is 0 Å². The van der Waals surface area contributed by atoms with E-state index >= 15 is 0 Å². The third-order valence-electron chi connectivity index (χ3n) is 2.65. The molecule has 2 N–H and O–H groups in total. The van der Waals surface area contributed by atoms with E-state index in [0.717, 1.165) is 11.4 Å². The fourth-order valence-corrected chi connectivity index (χ4v) is 1.65. The van der Waals surface area contributed by atoms with Gasteiger partial charge in [0.05, 0.1) is 20.8 Å². The highest BCUT2D eigenvalue weighted by Gasteiger charge is 2.10. The summed E-state index contributed by atoms with van der Waals surface area (Å²) in [6.45, 7) is 0.352. The van der Waals surface area contributed by atoms with Crippen LogP contribution in [-0.2, 0) is 13.6 Å². The molecule has 0 aliphatic rings. The third kappa shape index (κ3) is 2.28. The van der Waals surface area contributed by atoms with Crippen molar-refractivity contribution < 1.29 is 9.47 Å². The van der Waals surface area contributed by atoms with E-state index in [1.54, 1.807) is 25.0 Å². The van der Waals surface area contributed by atoms with Crippen molar-refractivity contribution in [1.29, 1.82) is 0 Å². The Morgan fingerprint density at radius 2 is 1.78 bits per heavy atom. The molecule has 0 saturated heterocycles. The van der Waals surface area contributed by atoms with Crippen molar-refractivity contribution in [3.63, 3.8) is 0 Å². The van der Waals surface area contributed by atoms with Gasteiger partial charge in [-0.15, -0.1) is 0 Å². The van der Waals surface area contributed by atoms with Gasteiger partial charge in [0.1, 0.15) is 17.3 Å². The monoisotopic (exact) mass is 248 g/mol. The molecule has 96 valence electrons. The summed E-state index contributed by atoms with van der Waals surface area (Å²) in [7, 11) is 5.03. The lowest BCUT2D eigenvalue weighted by Crippen LogP contribution is -2.05. The van der Waals surface area contributed by atoms with Crippen LogP contribution in [0.5, 0.6) is 11.5 Å². The van der Waals surface area contributed by atoms with Crippen LogP contribution in [0.1, 0.15) is 5.82 Å². The summed E-state index contributed by atoms with van der Waals surface area (Å²) in [5.74, 6) is 2.74. The number of nitrogens with zero attached hydrogens (tertiary/aromatic N) is 3. The minimum absolute atomic E-state index is 0.352. The molecule has 0 saturated carbocycles. The third-order valence-corrected chi connectivity index (χ3v) is 2.65. The van der Waals surface area contributed by atoms with Crippen LogP contribution in [0.3, 0.4) is 0 Å². The lowest BCUT2D eigenvalue weighted by molar-refractivity contribution is 0.394. The van der Waals surface area contributed by atoms with Gasteiger partial charge in [-0.25, -0.2) is 4.98 Å². The van der Waals surface area contributed by atoms with Crippen molar-refractivity contribution in [3.05, 3.63) is 24.0 Å². The molecule has 0 aliphatic heterocycles. The summed E-state index contributed by atoms with van der Waals surface area (Å²) in [5, 5.41) is 4.32. The smallest absolute Gasteiger partial charge is 0.181 e. The average Bonchev–Trinajstić information content (AvgIpc) is 2.79. The van der Waals surface area contributed by atoms with Gasteiger partial charge in [0, 0.05) is 18.7 Å². The molecule has 6 nitrogen and oxygen atoms in total. The number of hydrogen-bond acceptors (Lipinski definition) is 5. The molecule has 1 heterocycles. The zero-order valence-electron chi connectivity index (χ0n) is 10.7. The average molecular weight is 248 g/mol. The maximum absolute atomic E-state index is 5.58. The quantitative estimate of drug-likeness (QED) is 0.872. The zero-order valence-corrected chi connectivity index (χ0v) is 10.7. The maximum atomic E-state index is 5.58.